The van der Waals surface area contributed by atoms with Gasteiger partial charge in [-0.3, -0.25) is 4.79 Å². The quantitative estimate of drug-likeness (QED) is 0.476. The standard InChI is InChI=1S/C21H29NO3/c1-3-5-12-21(16-22)13-10-17(11-14-21)20(23)25-19-8-6-18(7-9-19)24-15-4-2/h6-9,17H,3-5,10-15H2,1-2H3. The summed E-state index contributed by atoms with van der Waals surface area (Å²) >= 11 is 0. The Hall–Kier alpha value is -2.02. The molecular weight excluding hydrogens is 314 g/mol. The van der Waals surface area contributed by atoms with E-state index in [0.717, 1.165) is 57.1 Å². The molecule has 0 heterocycles. The predicted molar refractivity (Wildman–Crippen MR) is 97.4 cm³/mol. The zero-order valence-corrected chi connectivity index (χ0v) is 15.4. The fraction of sp³-hybridized carbons (Fsp3) is 0.619. The molecule has 0 spiro atoms. The second-order valence-electron chi connectivity index (χ2n) is 7.01. The third-order valence-electron chi connectivity index (χ3n) is 5.04. The summed E-state index contributed by atoms with van der Waals surface area (Å²) in [6.45, 7) is 4.89. The number of nitriles is 1. The number of hydrogen-bond acceptors (Lipinski definition) is 4. The van der Waals surface area contributed by atoms with Crippen LogP contribution in [0.2, 0.25) is 0 Å². The molecule has 0 amide bonds. The van der Waals surface area contributed by atoms with Gasteiger partial charge >= 0.3 is 5.97 Å². The number of unbranched alkanes of at least 4 members (excludes halogenated alkanes) is 1. The summed E-state index contributed by atoms with van der Waals surface area (Å²) in [6, 6.07) is 9.71. The number of carbonyl (C=O) groups is 1. The van der Waals surface area contributed by atoms with Crippen LogP contribution in [0.15, 0.2) is 24.3 Å². The minimum atomic E-state index is -0.231. The first-order valence-electron chi connectivity index (χ1n) is 9.48. The lowest BCUT2D eigenvalue weighted by Gasteiger charge is -2.34. The lowest BCUT2D eigenvalue weighted by molar-refractivity contribution is -0.140. The van der Waals surface area contributed by atoms with Crippen LogP contribution in [0.5, 0.6) is 11.5 Å². The molecule has 0 aromatic heterocycles. The number of esters is 1. The Morgan fingerprint density at radius 2 is 1.80 bits per heavy atom. The molecule has 1 fully saturated rings. The van der Waals surface area contributed by atoms with Gasteiger partial charge in [0.2, 0.25) is 0 Å². The van der Waals surface area contributed by atoms with Crippen LogP contribution in [0.3, 0.4) is 0 Å². The van der Waals surface area contributed by atoms with Crippen LogP contribution in [0.4, 0.5) is 0 Å². The summed E-state index contributed by atoms with van der Waals surface area (Å²) in [6.07, 6.45) is 7.17. The minimum absolute atomic E-state index is 0.0980. The van der Waals surface area contributed by atoms with Crippen LogP contribution in [0.1, 0.15) is 65.2 Å². The molecule has 4 heteroatoms. The van der Waals surface area contributed by atoms with Crippen molar-refractivity contribution < 1.29 is 14.3 Å². The van der Waals surface area contributed by atoms with Crippen molar-refractivity contribution in [3.05, 3.63) is 24.3 Å². The number of benzene rings is 1. The van der Waals surface area contributed by atoms with Gasteiger partial charge in [-0.15, -0.1) is 0 Å². The van der Waals surface area contributed by atoms with Gasteiger partial charge in [-0.2, -0.15) is 5.26 Å². The lowest BCUT2D eigenvalue weighted by Crippen LogP contribution is -2.31. The molecule has 0 bridgehead atoms. The summed E-state index contributed by atoms with van der Waals surface area (Å²) in [5, 5.41) is 9.54. The van der Waals surface area contributed by atoms with Gasteiger partial charge in [0.25, 0.3) is 0 Å². The van der Waals surface area contributed by atoms with E-state index in [4.69, 9.17) is 9.47 Å². The van der Waals surface area contributed by atoms with Crippen molar-refractivity contribution in [2.24, 2.45) is 11.3 Å². The Bertz CT molecular complexity index is 580. The Kier molecular flexibility index (Phi) is 7.31. The van der Waals surface area contributed by atoms with Crippen LogP contribution in [-0.4, -0.2) is 12.6 Å². The number of carbonyl (C=O) groups excluding carboxylic acids is 1. The maximum Gasteiger partial charge on any atom is 0.314 e. The monoisotopic (exact) mass is 343 g/mol. The van der Waals surface area contributed by atoms with E-state index in [0.29, 0.717) is 12.4 Å². The van der Waals surface area contributed by atoms with Gasteiger partial charge < -0.3 is 9.47 Å². The molecule has 1 aromatic rings. The van der Waals surface area contributed by atoms with Crippen molar-refractivity contribution in [3.63, 3.8) is 0 Å². The van der Waals surface area contributed by atoms with Crippen molar-refractivity contribution in [2.45, 2.75) is 65.2 Å². The fourth-order valence-electron chi connectivity index (χ4n) is 3.36. The highest BCUT2D eigenvalue weighted by Gasteiger charge is 2.37. The van der Waals surface area contributed by atoms with Gasteiger partial charge in [0.1, 0.15) is 11.5 Å². The maximum absolute atomic E-state index is 12.4. The van der Waals surface area contributed by atoms with Gasteiger partial charge in [0, 0.05) is 0 Å². The molecule has 1 aliphatic rings. The minimum Gasteiger partial charge on any atom is -0.494 e. The molecule has 2 rings (SSSR count). The number of nitrogens with zero attached hydrogens (tertiary/aromatic N) is 1. The first kappa shape index (κ1) is 19.3. The van der Waals surface area contributed by atoms with E-state index in [2.05, 4.69) is 19.9 Å². The molecule has 0 saturated heterocycles. The van der Waals surface area contributed by atoms with Crippen LogP contribution >= 0.6 is 0 Å². The molecule has 1 aliphatic carbocycles. The number of ether oxygens (including phenoxy) is 2. The normalized spacial score (nSPS) is 22.8. The van der Waals surface area contributed by atoms with Crippen LogP contribution < -0.4 is 9.47 Å². The predicted octanol–water partition coefficient (Wildman–Crippen LogP) is 5.27. The van der Waals surface area contributed by atoms with Crippen molar-refractivity contribution >= 4 is 5.97 Å². The van der Waals surface area contributed by atoms with E-state index < -0.39 is 0 Å². The smallest absolute Gasteiger partial charge is 0.314 e. The molecular formula is C21H29NO3. The van der Waals surface area contributed by atoms with Crippen LogP contribution in [0, 0.1) is 22.7 Å². The van der Waals surface area contributed by atoms with Crippen molar-refractivity contribution in [2.75, 3.05) is 6.61 Å². The van der Waals surface area contributed by atoms with E-state index >= 15 is 0 Å². The molecule has 4 nitrogen and oxygen atoms in total. The topological polar surface area (TPSA) is 59.3 Å². The average molecular weight is 343 g/mol. The van der Waals surface area contributed by atoms with E-state index in [1.807, 2.05) is 12.1 Å². The molecule has 136 valence electrons. The second kappa shape index (κ2) is 9.46. The first-order chi connectivity index (χ1) is 12.1. The third-order valence-corrected chi connectivity index (χ3v) is 5.04. The second-order valence-corrected chi connectivity index (χ2v) is 7.01. The molecule has 0 radical (unpaired) electrons. The van der Waals surface area contributed by atoms with Gasteiger partial charge in [0.15, 0.2) is 0 Å². The molecule has 0 unspecified atom stereocenters. The molecule has 1 aromatic carbocycles. The molecule has 1 saturated carbocycles. The lowest BCUT2D eigenvalue weighted by atomic mass is 9.69. The average Bonchev–Trinajstić information content (AvgIpc) is 2.66. The molecule has 0 atom stereocenters. The zero-order chi connectivity index (χ0) is 18.1. The summed E-state index contributed by atoms with van der Waals surface area (Å²) < 4.78 is 11.0. The molecule has 0 N–H and O–H groups in total. The Labute approximate surface area is 151 Å². The van der Waals surface area contributed by atoms with E-state index in [1.54, 1.807) is 12.1 Å². The van der Waals surface area contributed by atoms with Gasteiger partial charge in [-0.25, -0.2) is 0 Å². The van der Waals surface area contributed by atoms with E-state index in [1.165, 1.54) is 0 Å². The summed E-state index contributed by atoms with van der Waals surface area (Å²) in [5.41, 5.74) is -0.231. The zero-order valence-electron chi connectivity index (χ0n) is 15.4. The van der Waals surface area contributed by atoms with Gasteiger partial charge in [-0.1, -0.05) is 26.7 Å². The Morgan fingerprint density at radius 1 is 1.16 bits per heavy atom. The van der Waals surface area contributed by atoms with Crippen LogP contribution in [0.25, 0.3) is 0 Å². The summed E-state index contributed by atoms with van der Waals surface area (Å²) in [4.78, 5) is 12.4. The maximum atomic E-state index is 12.4. The summed E-state index contributed by atoms with van der Waals surface area (Å²) in [5.74, 6) is 1.06. The highest BCUT2D eigenvalue weighted by atomic mass is 16.5. The van der Waals surface area contributed by atoms with Gasteiger partial charge in [-0.05, 0) is 62.8 Å². The summed E-state index contributed by atoms with van der Waals surface area (Å²) in [7, 11) is 0. The third kappa shape index (κ3) is 5.49. The Morgan fingerprint density at radius 3 is 2.36 bits per heavy atom. The number of rotatable bonds is 8. The largest absolute Gasteiger partial charge is 0.494 e. The van der Waals surface area contributed by atoms with Crippen molar-refractivity contribution in [1.29, 1.82) is 5.26 Å². The van der Waals surface area contributed by atoms with Crippen LogP contribution in [-0.2, 0) is 4.79 Å². The van der Waals surface area contributed by atoms with E-state index in [9.17, 15) is 10.1 Å². The van der Waals surface area contributed by atoms with E-state index in [-0.39, 0.29) is 17.3 Å². The molecule has 25 heavy (non-hydrogen) atoms. The molecule has 0 aliphatic heterocycles. The fourth-order valence-corrected chi connectivity index (χ4v) is 3.36. The highest BCUT2D eigenvalue weighted by Crippen LogP contribution is 2.42. The highest BCUT2D eigenvalue weighted by molar-refractivity contribution is 5.75. The first-order valence-corrected chi connectivity index (χ1v) is 9.48. The van der Waals surface area contributed by atoms with Gasteiger partial charge in [0.05, 0.1) is 24.0 Å². The van der Waals surface area contributed by atoms with Crippen molar-refractivity contribution in [1.82, 2.24) is 0 Å². The van der Waals surface area contributed by atoms with Crippen molar-refractivity contribution in [3.8, 4) is 17.6 Å². The Balaban J connectivity index is 1.85. The number of hydrogen-bond donors (Lipinski definition) is 0. The SMILES string of the molecule is CCCCC1(C#N)CCC(C(=O)Oc2ccc(OCCC)cc2)CC1.